The standard InChI is InChI=1S/C25H16BrF7O3S/c1-2-35-37(34)20-12-8-14-5-3-4-6-17(14)22(20)21-18-10-9-16(26)13-15(18)7-11-19(21)36-25(32,33)23(27,28)24(29,30)31/h3-13H,2H2,1H3. The molecule has 3 nitrogen and oxygen atoms in total. The normalized spacial score (nSPS) is 13.8. The first-order valence-corrected chi connectivity index (χ1v) is 12.5. The lowest BCUT2D eigenvalue weighted by molar-refractivity contribution is -0.402. The van der Waals surface area contributed by atoms with E-state index in [2.05, 4.69) is 20.7 Å². The molecule has 1 unspecified atom stereocenters. The smallest absolute Gasteiger partial charge is 0.427 e. The van der Waals surface area contributed by atoms with Gasteiger partial charge in [0.05, 0.1) is 11.5 Å². The Morgan fingerprint density at radius 3 is 2.14 bits per heavy atom. The Hall–Kier alpha value is -2.70. The molecule has 0 saturated carbocycles. The topological polar surface area (TPSA) is 35.5 Å². The minimum atomic E-state index is -6.58. The van der Waals surface area contributed by atoms with E-state index in [9.17, 15) is 34.9 Å². The van der Waals surface area contributed by atoms with Crippen molar-refractivity contribution in [1.82, 2.24) is 0 Å². The molecule has 4 aromatic rings. The van der Waals surface area contributed by atoms with E-state index in [0.717, 1.165) is 6.07 Å². The Morgan fingerprint density at radius 2 is 1.46 bits per heavy atom. The van der Waals surface area contributed by atoms with Crippen LogP contribution in [-0.4, -0.2) is 29.0 Å². The minimum absolute atomic E-state index is 0.00767. The van der Waals surface area contributed by atoms with E-state index in [1.54, 1.807) is 43.3 Å². The van der Waals surface area contributed by atoms with E-state index in [4.69, 9.17) is 4.18 Å². The van der Waals surface area contributed by atoms with E-state index in [1.165, 1.54) is 24.3 Å². The highest BCUT2D eigenvalue weighted by Gasteiger charge is 2.75. The Morgan fingerprint density at radius 1 is 0.811 bits per heavy atom. The third-order valence-corrected chi connectivity index (χ3v) is 7.09. The molecule has 4 aromatic carbocycles. The van der Waals surface area contributed by atoms with Crippen LogP contribution in [0.15, 0.2) is 76.1 Å². The average Bonchev–Trinajstić information content (AvgIpc) is 2.82. The molecule has 0 aromatic heterocycles. The van der Waals surface area contributed by atoms with Crippen molar-refractivity contribution in [3.05, 3.63) is 71.2 Å². The predicted molar refractivity (Wildman–Crippen MR) is 129 cm³/mol. The van der Waals surface area contributed by atoms with Crippen molar-refractivity contribution in [3.8, 4) is 16.9 Å². The maximum Gasteiger partial charge on any atom is 0.474 e. The summed E-state index contributed by atoms with van der Waals surface area (Å²) < 4.78 is 118. The van der Waals surface area contributed by atoms with Gasteiger partial charge in [0.25, 0.3) is 0 Å². The summed E-state index contributed by atoms with van der Waals surface area (Å²) in [5.74, 6) is -7.46. The first-order valence-electron chi connectivity index (χ1n) is 10.6. The lowest BCUT2D eigenvalue weighted by atomic mass is 9.93. The summed E-state index contributed by atoms with van der Waals surface area (Å²) in [6, 6.07) is 16.2. The van der Waals surface area contributed by atoms with Crippen LogP contribution in [0.2, 0.25) is 0 Å². The lowest BCUT2D eigenvalue weighted by Crippen LogP contribution is -2.55. The number of hydrogen-bond acceptors (Lipinski definition) is 3. The summed E-state index contributed by atoms with van der Waals surface area (Å²) in [6.45, 7) is 1.59. The van der Waals surface area contributed by atoms with Gasteiger partial charge in [-0.05, 0) is 52.7 Å². The molecule has 1 atom stereocenters. The molecule has 0 spiro atoms. The summed E-state index contributed by atoms with van der Waals surface area (Å²) in [5, 5.41) is 1.52. The number of fused-ring (bicyclic) bond motifs is 2. The molecule has 0 bridgehead atoms. The molecule has 0 aliphatic heterocycles. The van der Waals surface area contributed by atoms with Gasteiger partial charge in [-0.2, -0.15) is 30.7 Å². The molecule has 0 radical (unpaired) electrons. The van der Waals surface area contributed by atoms with Crippen LogP contribution in [0.25, 0.3) is 32.7 Å². The van der Waals surface area contributed by atoms with Gasteiger partial charge in [0, 0.05) is 15.6 Å². The number of rotatable bonds is 7. The second-order valence-corrected chi connectivity index (χ2v) is 9.86. The van der Waals surface area contributed by atoms with Gasteiger partial charge in [0.2, 0.25) is 0 Å². The van der Waals surface area contributed by atoms with Gasteiger partial charge in [-0.15, -0.1) is 0 Å². The number of ether oxygens (including phenoxy) is 1. The maximum absolute atomic E-state index is 14.5. The SMILES string of the molecule is CCOS(=O)c1ccc2ccccc2c1-c1c(OC(F)(F)C(F)(F)C(F)(F)F)ccc2cc(Br)ccc12. The first kappa shape index (κ1) is 27.3. The molecule has 0 amide bonds. The van der Waals surface area contributed by atoms with Gasteiger partial charge >= 0.3 is 18.2 Å². The van der Waals surface area contributed by atoms with Crippen LogP contribution in [0.1, 0.15) is 6.92 Å². The van der Waals surface area contributed by atoms with Gasteiger partial charge in [-0.3, -0.25) is 4.18 Å². The van der Waals surface area contributed by atoms with E-state index in [1.807, 2.05) is 0 Å². The third kappa shape index (κ3) is 4.94. The molecule has 4 rings (SSSR count). The van der Waals surface area contributed by atoms with Crippen molar-refractivity contribution in [2.75, 3.05) is 6.61 Å². The molecule has 0 heterocycles. The van der Waals surface area contributed by atoms with Crippen LogP contribution in [0.5, 0.6) is 5.75 Å². The third-order valence-electron chi connectivity index (χ3n) is 5.45. The summed E-state index contributed by atoms with van der Waals surface area (Å²) in [5.41, 5.74) is -0.221. The van der Waals surface area contributed by atoms with Crippen molar-refractivity contribution in [2.45, 2.75) is 30.0 Å². The van der Waals surface area contributed by atoms with Crippen LogP contribution in [-0.2, 0) is 15.3 Å². The Bertz CT molecular complexity index is 1510. The predicted octanol–water partition coefficient (Wildman–Crippen LogP) is 8.65. The first-order chi connectivity index (χ1) is 17.3. The molecule has 196 valence electrons. The molecule has 0 fully saturated rings. The molecule has 0 N–H and O–H groups in total. The summed E-state index contributed by atoms with van der Waals surface area (Å²) in [4.78, 5) is -0.00767. The fraction of sp³-hybridized carbons (Fsp3) is 0.200. The molecule has 0 aliphatic rings. The zero-order chi connectivity index (χ0) is 27.2. The quantitative estimate of drug-likeness (QED) is 0.197. The molecule has 37 heavy (non-hydrogen) atoms. The van der Waals surface area contributed by atoms with Gasteiger partial charge < -0.3 is 4.74 Å². The molecule has 12 heteroatoms. The van der Waals surface area contributed by atoms with Gasteiger partial charge in [0.15, 0.2) is 11.1 Å². The van der Waals surface area contributed by atoms with Crippen LogP contribution in [0, 0.1) is 0 Å². The van der Waals surface area contributed by atoms with Crippen molar-refractivity contribution in [2.24, 2.45) is 0 Å². The van der Waals surface area contributed by atoms with E-state index in [0.29, 0.717) is 20.6 Å². The van der Waals surface area contributed by atoms with E-state index in [-0.39, 0.29) is 28.0 Å². The Balaban J connectivity index is 2.10. The largest absolute Gasteiger partial charge is 0.474 e. The highest BCUT2D eigenvalue weighted by atomic mass is 79.9. The van der Waals surface area contributed by atoms with E-state index < -0.39 is 35.0 Å². The van der Waals surface area contributed by atoms with Crippen LogP contribution in [0.4, 0.5) is 30.7 Å². The zero-order valence-corrected chi connectivity index (χ0v) is 21.1. The summed E-state index contributed by atoms with van der Waals surface area (Å²) in [6.07, 6.45) is -12.5. The summed E-state index contributed by atoms with van der Waals surface area (Å²) >= 11 is 1.14. The van der Waals surface area contributed by atoms with Crippen LogP contribution >= 0.6 is 15.9 Å². The second kappa shape index (κ2) is 9.88. The Kier molecular flexibility index (Phi) is 7.30. The highest BCUT2D eigenvalue weighted by Crippen LogP contribution is 2.50. The molecule has 0 aliphatic carbocycles. The highest BCUT2D eigenvalue weighted by molar-refractivity contribution is 9.10. The van der Waals surface area contributed by atoms with Gasteiger partial charge in [-0.1, -0.05) is 58.4 Å². The molecular formula is C25H16BrF7O3S. The monoisotopic (exact) mass is 608 g/mol. The average molecular weight is 609 g/mol. The van der Waals surface area contributed by atoms with Crippen molar-refractivity contribution in [1.29, 1.82) is 0 Å². The van der Waals surface area contributed by atoms with Crippen molar-refractivity contribution >= 4 is 48.6 Å². The molecular weight excluding hydrogens is 593 g/mol. The minimum Gasteiger partial charge on any atom is -0.427 e. The number of halogens is 8. The zero-order valence-electron chi connectivity index (χ0n) is 18.7. The molecule has 0 saturated heterocycles. The van der Waals surface area contributed by atoms with Crippen molar-refractivity contribution < 1.29 is 43.9 Å². The lowest BCUT2D eigenvalue weighted by Gasteiger charge is -2.29. The van der Waals surface area contributed by atoms with Crippen LogP contribution in [0.3, 0.4) is 0 Å². The number of hydrogen-bond donors (Lipinski definition) is 0. The number of benzene rings is 4. The second-order valence-electron chi connectivity index (χ2n) is 7.80. The fourth-order valence-corrected chi connectivity index (χ4v) is 5.09. The fourth-order valence-electron chi connectivity index (χ4n) is 3.81. The van der Waals surface area contributed by atoms with Crippen LogP contribution < -0.4 is 4.74 Å². The number of alkyl halides is 7. The van der Waals surface area contributed by atoms with Gasteiger partial charge in [-0.25, -0.2) is 4.21 Å². The van der Waals surface area contributed by atoms with Gasteiger partial charge in [0.1, 0.15) is 5.75 Å². The van der Waals surface area contributed by atoms with Crippen molar-refractivity contribution in [3.63, 3.8) is 0 Å². The summed E-state index contributed by atoms with van der Waals surface area (Å²) in [7, 11) is 0. The van der Waals surface area contributed by atoms with E-state index >= 15 is 0 Å². The maximum atomic E-state index is 14.5. The Labute approximate surface area is 217 Å².